The summed E-state index contributed by atoms with van der Waals surface area (Å²) in [6, 6.07) is 8.64. The van der Waals surface area contributed by atoms with E-state index < -0.39 is 0 Å². The molecular weight excluding hydrogens is 236 g/mol. The zero-order valence-corrected chi connectivity index (χ0v) is 12.3. The first-order valence-electron chi connectivity index (χ1n) is 7.27. The van der Waals surface area contributed by atoms with Gasteiger partial charge in [-0.1, -0.05) is 31.9 Å². The van der Waals surface area contributed by atoms with Crippen LogP contribution in [0.15, 0.2) is 24.3 Å². The Bertz CT molecular complexity index is 373. The number of rotatable bonds is 8. The first kappa shape index (κ1) is 15.5. The number of amides is 1. The van der Waals surface area contributed by atoms with Crippen molar-refractivity contribution in [1.82, 2.24) is 5.32 Å². The highest BCUT2D eigenvalue weighted by atomic mass is 16.1. The number of nitrogens with one attached hydrogen (secondary N) is 2. The van der Waals surface area contributed by atoms with Crippen LogP contribution in [-0.4, -0.2) is 18.5 Å². The maximum absolute atomic E-state index is 11.5. The summed E-state index contributed by atoms with van der Waals surface area (Å²) in [6.45, 7) is 7.04. The van der Waals surface area contributed by atoms with Crippen LogP contribution in [-0.2, 0) is 11.2 Å². The predicted molar refractivity (Wildman–Crippen MR) is 81.4 cm³/mol. The molecule has 0 saturated heterocycles. The number of unbranched alkanes of at least 4 members (excludes halogenated alkanes) is 1. The molecule has 2 N–H and O–H groups in total. The summed E-state index contributed by atoms with van der Waals surface area (Å²) in [5.74, 6) is 0.0829. The van der Waals surface area contributed by atoms with E-state index in [9.17, 15) is 4.79 Å². The summed E-state index contributed by atoms with van der Waals surface area (Å²) in [6.07, 6.45) is 4.14. The minimum atomic E-state index is 0.0829. The fraction of sp³-hybridized carbons (Fsp3) is 0.562. The average Bonchev–Trinajstić information content (AvgIpc) is 2.39. The van der Waals surface area contributed by atoms with Gasteiger partial charge in [0, 0.05) is 18.3 Å². The zero-order chi connectivity index (χ0) is 14.1. The molecule has 0 heterocycles. The minimum absolute atomic E-state index is 0.0829. The summed E-state index contributed by atoms with van der Waals surface area (Å²) in [5, 5.41) is 6.29. The molecule has 0 spiro atoms. The Morgan fingerprint density at radius 1 is 1.21 bits per heavy atom. The van der Waals surface area contributed by atoms with Crippen LogP contribution in [0, 0.1) is 0 Å². The van der Waals surface area contributed by atoms with Crippen molar-refractivity contribution < 1.29 is 4.79 Å². The van der Waals surface area contributed by atoms with Crippen molar-refractivity contribution in [2.75, 3.05) is 11.9 Å². The van der Waals surface area contributed by atoms with Gasteiger partial charge in [0.15, 0.2) is 0 Å². The number of hydrogen-bond donors (Lipinski definition) is 2. The lowest BCUT2D eigenvalue weighted by molar-refractivity contribution is -0.120. The van der Waals surface area contributed by atoms with Crippen molar-refractivity contribution in [1.29, 1.82) is 0 Å². The van der Waals surface area contributed by atoms with Crippen molar-refractivity contribution in [3.05, 3.63) is 29.8 Å². The number of carbonyl (C=O) groups excluding carboxylic acids is 1. The Kier molecular flexibility index (Phi) is 7.01. The maximum Gasteiger partial charge on any atom is 0.224 e. The topological polar surface area (TPSA) is 41.1 Å². The fourth-order valence-corrected chi connectivity index (χ4v) is 2.03. The van der Waals surface area contributed by atoms with Crippen LogP contribution in [0.2, 0.25) is 0 Å². The number of anilines is 1. The maximum atomic E-state index is 11.5. The standard InChI is InChI=1S/C16H26N2O/c1-4-6-7-13(3)18-15-10-8-14(9-11-15)12-16(19)17-5-2/h8-11,13,18H,4-7,12H2,1-3H3,(H,17,19). The third-order valence-corrected chi connectivity index (χ3v) is 3.10. The smallest absolute Gasteiger partial charge is 0.224 e. The zero-order valence-electron chi connectivity index (χ0n) is 12.3. The molecule has 19 heavy (non-hydrogen) atoms. The van der Waals surface area contributed by atoms with E-state index in [-0.39, 0.29) is 5.91 Å². The molecule has 0 aliphatic carbocycles. The molecule has 1 rings (SSSR count). The number of likely N-dealkylation sites (N-methyl/N-ethyl adjacent to an activating group) is 1. The highest BCUT2D eigenvalue weighted by Crippen LogP contribution is 2.13. The molecule has 0 radical (unpaired) electrons. The van der Waals surface area contributed by atoms with Gasteiger partial charge in [-0.15, -0.1) is 0 Å². The van der Waals surface area contributed by atoms with Crippen LogP contribution in [0.4, 0.5) is 5.69 Å². The molecule has 106 valence electrons. The van der Waals surface area contributed by atoms with Gasteiger partial charge in [-0.25, -0.2) is 0 Å². The van der Waals surface area contributed by atoms with Crippen LogP contribution in [0.1, 0.15) is 45.6 Å². The molecule has 0 aliphatic rings. The lowest BCUT2D eigenvalue weighted by Gasteiger charge is -2.15. The van der Waals surface area contributed by atoms with Gasteiger partial charge in [0.25, 0.3) is 0 Å². The fourth-order valence-electron chi connectivity index (χ4n) is 2.03. The molecule has 1 atom stereocenters. The average molecular weight is 262 g/mol. The monoisotopic (exact) mass is 262 g/mol. The molecule has 3 nitrogen and oxygen atoms in total. The molecule has 3 heteroatoms. The highest BCUT2D eigenvalue weighted by molar-refractivity contribution is 5.78. The van der Waals surface area contributed by atoms with Crippen LogP contribution in [0.3, 0.4) is 0 Å². The molecule has 1 unspecified atom stereocenters. The van der Waals surface area contributed by atoms with E-state index in [1.54, 1.807) is 0 Å². The molecular formula is C16H26N2O. The van der Waals surface area contributed by atoms with Crippen molar-refractivity contribution in [2.24, 2.45) is 0 Å². The van der Waals surface area contributed by atoms with Crippen molar-refractivity contribution in [3.63, 3.8) is 0 Å². The van der Waals surface area contributed by atoms with Crippen molar-refractivity contribution in [2.45, 2.75) is 52.5 Å². The summed E-state index contributed by atoms with van der Waals surface area (Å²) < 4.78 is 0. The highest BCUT2D eigenvalue weighted by Gasteiger charge is 2.04. The molecule has 1 aromatic carbocycles. The van der Waals surface area contributed by atoms with Gasteiger partial charge in [-0.05, 0) is 38.0 Å². The Morgan fingerprint density at radius 3 is 2.47 bits per heavy atom. The Labute approximate surface area is 116 Å². The first-order valence-corrected chi connectivity index (χ1v) is 7.27. The second-order valence-electron chi connectivity index (χ2n) is 5.01. The molecule has 0 bridgehead atoms. The Hall–Kier alpha value is -1.51. The molecule has 0 fully saturated rings. The lowest BCUT2D eigenvalue weighted by Crippen LogP contribution is -2.24. The van der Waals surface area contributed by atoms with E-state index in [4.69, 9.17) is 0 Å². The second-order valence-corrected chi connectivity index (χ2v) is 5.01. The van der Waals surface area contributed by atoms with Crippen LogP contribution >= 0.6 is 0 Å². The normalized spacial score (nSPS) is 11.9. The summed E-state index contributed by atoms with van der Waals surface area (Å²) >= 11 is 0. The van der Waals surface area contributed by atoms with Crippen LogP contribution in [0.5, 0.6) is 0 Å². The summed E-state index contributed by atoms with van der Waals surface area (Å²) in [4.78, 5) is 11.5. The van der Waals surface area contributed by atoms with E-state index in [1.807, 2.05) is 19.1 Å². The largest absolute Gasteiger partial charge is 0.383 e. The first-order chi connectivity index (χ1) is 9.15. The second kappa shape index (κ2) is 8.57. The van der Waals surface area contributed by atoms with E-state index in [0.717, 1.165) is 11.3 Å². The van der Waals surface area contributed by atoms with E-state index >= 15 is 0 Å². The van der Waals surface area contributed by atoms with Gasteiger partial charge in [0.2, 0.25) is 5.91 Å². The van der Waals surface area contributed by atoms with Gasteiger partial charge in [0.05, 0.1) is 6.42 Å². The third-order valence-electron chi connectivity index (χ3n) is 3.10. The molecule has 1 aromatic rings. The van der Waals surface area contributed by atoms with Gasteiger partial charge in [-0.3, -0.25) is 4.79 Å². The van der Waals surface area contributed by atoms with Crippen LogP contribution < -0.4 is 10.6 Å². The van der Waals surface area contributed by atoms with Gasteiger partial charge < -0.3 is 10.6 Å². The molecule has 1 amide bonds. The van der Waals surface area contributed by atoms with E-state index in [0.29, 0.717) is 19.0 Å². The lowest BCUT2D eigenvalue weighted by atomic mass is 10.1. The molecule has 0 saturated carbocycles. The minimum Gasteiger partial charge on any atom is -0.383 e. The van der Waals surface area contributed by atoms with Gasteiger partial charge in [-0.2, -0.15) is 0 Å². The summed E-state index contributed by atoms with van der Waals surface area (Å²) in [5.41, 5.74) is 2.18. The van der Waals surface area contributed by atoms with Crippen molar-refractivity contribution in [3.8, 4) is 0 Å². The quantitative estimate of drug-likeness (QED) is 0.754. The molecule has 0 aromatic heterocycles. The summed E-state index contributed by atoms with van der Waals surface area (Å²) in [7, 11) is 0. The van der Waals surface area contributed by atoms with Gasteiger partial charge >= 0.3 is 0 Å². The van der Waals surface area contributed by atoms with Crippen molar-refractivity contribution >= 4 is 11.6 Å². The predicted octanol–water partition coefficient (Wildman–Crippen LogP) is 3.36. The van der Waals surface area contributed by atoms with Crippen LogP contribution in [0.25, 0.3) is 0 Å². The number of carbonyl (C=O) groups is 1. The van der Waals surface area contributed by atoms with E-state index in [1.165, 1.54) is 19.3 Å². The van der Waals surface area contributed by atoms with Gasteiger partial charge in [0.1, 0.15) is 0 Å². The van der Waals surface area contributed by atoms with E-state index in [2.05, 4.69) is 36.6 Å². The Morgan fingerprint density at radius 2 is 1.89 bits per heavy atom. The Balaban J connectivity index is 2.45. The molecule has 0 aliphatic heterocycles. The SMILES string of the molecule is CCCCC(C)Nc1ccc(CC(=O)NCC)cc1. The third kappa shape index (κ3) is 6.27. The number of hydrogen-bond acceptors (Lipinski definition) is 2. The number of benzene rings is 1.